The minimum Gasteiger partial charge on any atom is -0.353 e. The summed E-state index contributed by atoms with van der Waals surface area (Å²) in [6.45, 7) is 4.27. The van der Waals surface area contributed by atoms with E-state index in [1.54, 1.807) is 18.3 Å². The quantitative estimate of drug-likeness (QED) is 0.834. The van der Waals surface area contributed by atoms with Crippen molar-refractivity contribution in [3.05, 3.63) is 40.8 Å². The van der Waals surface area contributed by atoms with E-state index in [0.29, 0.717) is 11.9 Å². The lowest BCUT2D eigenvalue weighted by Crippen LogP contribution is -2.50. The number of fused-ring (bicyclic) bond motifs is 1. The highest BCUT2D eigenvalue weighted by Crippen LogP contribution is 2.09. The van der Waals surface area contributed by atoms with E-state index in [1.807, 2.05) is 26.0 Å². The lowest BCUT2D eigenvalue weighted by atomic mass is 9.94. The third-order valence-electron chi connectivity index (χ3n) is 4.10. The third kappa shape index (κ3) is 3.51. The Labute approximate surface area is 129 Å². The summed E-state index contributed by atoms with van der Waals surface area (Å²) in [7, 11) is 0. The van der Waals surface area contributed by atoms with Gasteiger partial charge in [0.05, 0.1) is 11.6 Å². The van der Waals surface area contributed by atoms with Gasteiger partial charge in [-0.05, 0) is 18.9 Å². The molecule has 3 N–H and O–H groups in total. The van der Waals surface area contributed by atoms with Crippen LogP contribution in [0.25, 0.3) is 10.8 Å². The summed E-state index contributed by atoms with van der Waals surface area (Å²) < 4.78 is 1.17. The smallest absolute Gasteiger partial charge is 0.275 e. The molecule has 0 bridgehead atoms. The van der Waals surface area contributed by atoms with Gasteiger partial charge in [-0.1, -0.05) is 32.0 Å². The molecule has 0 radical (unpaired) electrons. The van der Waals surface area contributed by atoms with E-state index in [1.165, 1.54) is 4.68 Å². The third-order valence-corrected chi connectivity index (χ3v) is 4.10. The fraction of sp³-hybridized carbons (Fsp3) is 0.438. The van der Waals surface area contributed by atoms with Gasteiger partial charge in [0.15, 0.2) is 0 Å². The van der Waals surface area contributed by atoms with Crippen LogP contribution in [0.4, 0.5) is 0 Å². The zero-order valence-electron chi connectivity index (χ0n) is 13.0. The Morgan fingerprint density at radius 3 is 2.68 bits per heavy atom. The molecule has 2 aromatic rings. The molecule has 1 amide bonds. The Bertz CT molecular complexity index is 719. The molecular formula is C16H22N4O2. The molecule has 6 nitrogen and oxygen atoms in total. The molecule has 0 aliphatic carbocycles. The fourth-order valence-electron chi connectivity index (χ4n) is 2.21. The number of nitrogens with zero attached hydrogens (tertiary/aromatic N) is 2. The van der Waals surface area contributed by atoms with Crippen LogP contribution in [-0.4, -0.2) is 27.8 Å². The number of aromatic nitrogens is 2. The monoisotopic (exact) mass is 302 g/mol. The van der Waals surface area contributed by atoms with Crippen molar-refractivity contribution in [1.29, 1.82) is 0 Å². The molecule has 1 heterocycles. The summed E-state index contributed by atoms with van der Waals surface area (Å²) in [4.78, 5) is 24.3. The maximum Gasteiger partial charge on any atom is 0.275 e. The average molecular weight is 302 g/mol. The summed E-state index contributed by atoms with van der Waals surface area (Å²) in [5.74, 6) is -0.262. The van der Waals surface area contributed by atoms with Crippen molar-refractivity contribution in [3.63, 3.8) is 0 Å². The number of benzene rings is 1. The first-order valence-electron chi connectivity index (χ1n) is 7.49. The van der Waals surface area contributed by atoms with E-state index >= 15 is 0 Å². The first kappa shape index (κ1) is 16.2. The van der Waals surface area contributed by atoms with Gasteiger partial charge in [0.1, 0.15) is 6.54 Å². The topological polar surface area (TPSA) is 90.0 Å². The molecule has 0 unspecified atom stereocenters. The summed E-state index contributed by atoms with van der Waals surface area (Å²) in [6.07, 6.45) is 3.14. The Morgan fingerprint density at radius 1 is 1.32 bits per heavy atom. The highest BCUT2D eigenvalue weighted by atomic mass is 16.2. The molecule has 0 atom stereocenters. The van der Waals surface area contributed by atoms with Crippen LogP contribution in [-0.2, 0) is 11.3 Å². The number of nitrogens with two attached hydrogens (primary N) is 1. The number of hydrogen-bond donors (Lipinski definition) is 2. The molecular weight excluding hydrogens is 280 g/mol. The highest BCUT2D eigenvalue weighted by Gasteiger charge is 2.21. The maximum atomic E-state index is 12.3. The molecule has 1 aromatic heterocycles. The first-order valence-corrected chi connectivity index (χ1v) is 7.49. The van der Waals surface area contributed by atoms with Crippen molar-refractivity contribution in [2.24, 2.45) is 5.73 Å². The standard InChI is InChI=1S/C16H22N4O2/c1-3-16(17,4-2)11-18-14(21)10-20-15(22)13-8-6-5-7-12(13)9-19-20/h5-9H,3-4,10-11,17H2,1-2H3,(H,18,21). The van der Waals surface area contributed by atoms with Crippen LogP contribution in [0.1, 0.15) is 26.7 Å². The van der Waals surface area contributed by atoms with Crippen molar-refractivity contribution in [1.82, 2.24) is 15.1 Å². The second-order valence-corrected chi connectivity index (χ2v) is 5.54. The maximum absolute atomic E-state index is 12.3. The molecule has 22 heavy (non-hydrogen) atoms. The van der Waals surface area contributed by atoms with Crippen molar-refractivity contribution in [3.8, 4) is 0 Å². The van der Waals surface area contributed by atoms with Crippen LogP contribution in [0.3, 0.4) is 0 Å². The Hall–Kier alpha value is -2.21. The summed E-state index contributed by atoms with van der Waals surface area (Å²) >= 11 is 0. The van der Waals surface area contributed by atoms with E-state index in [2.05, 4.69) is 10.4 Å². The SMILES string of the molecule is CCC(N)(CC)CNC(=O)Cn1ncc2ccccc2c1=O. The lowest BCUT2D eigenvalue weighted by Gasteiger charge is -2.26. The molecule has 1 aromatic carbocycles. The van der Waals surface area contributed by atoms with Gasteiger partial charge in [-0.3, -0.25) is 9.59 Å². The minimum absolute atomic E-state index is 0.104. The average Bonchev–Trinajstić information content (AvgIpc) is 2.55. The lowest BCUT2D eigenvalue weighted by molar-refractivity contribution is -0.122. The van der Waals surface area contributed by atoms with Gasteiger partial charge in [0.25, 0.3) is 5.56 Å². The van der Waals surface area contributed by atoms with Crippen molar-refractivity contribution < 1.29 is 4.79 Å². The Balaban J connectivity index is 2.09. The molecule has 0 saturated carbocycles. The predicted molar refractivity (Wildman–Crippen MR) is 86.5 cm³/mol. The molecule has 118 valence electrons. The van der Waals surface area contributed by atoms with Gasteiger partial charge in [0, 0.05) is 17.5 Å². The molecule has 0 aliphatic heterocycles. The van der Waals surface area contributed by atoms with Crippen LogP contribution in [0.5, 0.6) is 0 Å². The molecule has 0 fully saturated rings. The number of amides is 1. The minimum atomic E-state index is -0.405. The van der Waals surface area contributed by atoms with Gasteiger partial charge in [-0.2, -0.15) is 5.10 Å². The molecule has 0 saturated heterocycles. The largest absolute Gasteiger partial charge is 0.353 e. The summed E-state index contributed by atoms with van der Waals surface area (Å²) in [5.41, 5.74) is 5.47. The van der Waals surface area contributed by atoms with E-state index in [-0.39, 0.29) is 18.0 Å². The van der Waals surface area contributed by atoms with Gasteiger partial charge < -0.3 is 11.1 Å². The second kappa shape index (κ2) is 6.70. The van der Waals surface area contributed by atoms with Crippen LogP contribution in [0.15, 0.2) is 35.3 Å². The van der Waals surface area contributed by atoms with Crippen LogP contribution in [0.2, 0.25) is 0 Å². The number of rotatable bonds is 6. The van der Waals surface area contributed by atoms with Crippen molar-refractivity contribution in [2.75, 3.05) is 6.54 Å². The number of nitrogens with one attached hydrogen (secondary N) is 1. The van der Waals surface area contributed by atoms with Crippen LogP contribution < -0.4 is 16.6 Å². The Kier molecular flexibility index (Phi) is 4.92. The summed E-state index contributed by atoms with van der Waals surface area (Å²) in [6, 6.07) is 7.18. The van der Waals surface area contributed by atoms with Gasteiger partial charge in [-0.15, -0.1) is 0 Å². The van der Waals surface area contributed by atoms with Crippen LogP contribution >= 0.6 is 0 Å². The van der Waals surface area contributed by atoms with Crippen molar-refractivity contribution in [2.45, 2.75) is 38.8 Å². The second-order valence-electron chi connectivity index (χ2n) is 5.54. The predicted octanol–water partition coefficient (Wildman–Crippen LogP) is 1.03. The van der Waals surface area contributed by atoms with E-state index in [4.69, 9.17) is 5.73 Å². The van der Waals surface area contributed by atoms with Gasteiger partial charge >= 0.3 is 0 Å². The summed E-state index contributed by atoms with van der Waals surface area (Å²) in [5, 5.41) is 8.15. The molecule has 2 rings (SSSR count). The zero-order valence-corrected chi connectivity index (χ0v) is 13.0. The number of carbonyl (C=O) groups is 1. The normalized spacial score (nSPS) is 11.6. The number of hydrogen-bond acceptors (Lipinski definition) is 4. The van der Waals surface area contributed by atoms with E-state index in [9.17, 15) is 9.59 Å². The van der Waals surface area contributed by atoms with Gasteiger partial charge in [0.2, 0.25) is 5.91 Å². The van der Waals surface area contributed by atoms with Crippen LogP contribution in [0, 0.1) is 0 Å². The molecule has 0 spiro atoms. The fourth-order valence-corrected chi connectivity index (χ4v) is 2.21. The molecule has 6 heteroatoms. The zero-order chi connectivity index (χ0) is 16.2. The highest BCUT2D eigenvalue weighted by molar-refractivity contribution is 5.81. The first-order chi connectivity index (χ1) is 10.5. The van der Waals surface area contributed by atoms with E-state index in [0.717, 1.165) is 18.2 Å². The van der Waals surface area contributed by atoms with Crippen molar-refractivity contribution >= 4 is 16.7 Å². The number of carbonyl (C=O) groups excluding carboxylic acids is 1. The van der Waals surface area contributed by atoms with Gasteiger partial charge in [-0.25, -0.2) is 4.68 Å². The Morgan fingerprint density at radius 2 is 2.00 bits per heavy atom. The van der Waals surface area contributed by atoms with E-state index < -0.39 is 5.54 Å². The molecule has 0 aliphatic rings.